The lowest BCUT2D eigenvalue weighted by Gasteiger charge is -2.27. The van der Waals surface area contributed by atoms with Crippen LogP contribution in [-0.4, -0.2) is 30.2 Å². The standard InChI is InChI=1S/C20H20FN3O/c1-25-19-12-15(21)6-7-16(19)14-5-8-17-18(11-14)23-20(13-22-17)24-9-3-2-4-10-24/h5-8,11-13H,2-4,9-10H2,1H3. The third-order valence-corrected chi connectivity index (χ3v) is 4.68. The first-order chi connectivity index (χ1) is 12.2. The molecule has 0 radical (unpaired) electrons. The number of hydrogen-bond acceptors (Lipinski definition) is 4. The van der Waals surface area contributed by atoms with Gasteiger partial charge in [0.15, 0.2) is 0 Å². The minimum Gasteiger partial charge on any atom is -0.496 e. The largest absolute Gasteiger partial charge is 0.496 e. The normalized spacial score (nSPS) is 14.7. The third kappa shape index (κ3) is 3.14. The van der Waals surface area contributed by atoms with Gasteiger partial charge in [-0.05, 0) is 49.1 Å². The topological polar surface area (TPSA) is 38.2 Å². The van der Waals surface area contributed by atoms with E-state index in [1.165, 1.54) is 31.4 Å². The highest BCUT2D eigenvalue weighted by molar-refractivity contribution is 5.83. The van der Waals surface area contributed by atoms with Crippen molar-refractivity contribution in [1.29, 1.82) is 0 Å². The summed E-state index contributed by atoms with van der Waals surface area (Å²) in [5.74, 6) is 1.13. The summed E-state index contributed by atoms with van der Waals surface area (Å²) in [6, 6.07) is 10.5. The Bertz CT molecular complexity index is 907. The lowest BCUT2D eigenvalue weighted by Crippen LogP contribution is -2.30. The van der Waals surface area contributed by atoms with E-state index in [-0.39, 0.29) is 5.82 Å². The van der Waals surface area contributed by atoms with Crippen molar-refractivity contribution in [3.8, 4) is 16.9 Å². The fourth-order valence-electron chi connectivity index (χ4n) is 3.35. The maximum atomic E-state index is 13.5. The Labute approximate surface area is 146 Å². The number of benzene rings is 2. The summed E-state index contributed by atoms with van der Waals surface area (Å²) in [5, 5.41) is 0. The molecule has 0 aliphatic carbocycles. The van der Waals surface area contributed by atoms with Crippen molar-refractivity contribution in [2.45, 2.75) is 19.3 Å². The Hall–Kier alpha value is -2.69. The van der Waals surface area contributed by atoms with Crippen molar-refractivity contribution < 1.29 is 9.13 Å². The first-order valence-electron chi connectivity index (χ1n) is 8.60. The van der Waals surface area contributed by atoms with Crippen molar-refractivity contribution in [3.05, 3.63) is 48.4 Å². The molecule has 0 amide bonds. The Morgan fingerprint density at radius 2 is 1.84 bits per heavy atom. The third-order valence-electron chi connectivity index (χ3n) is 4.68. The summed E-state index contributed by atoms with van der Waals surface area (Å²) in [5.41, 5.74) is 3.47. The van der Waals surface area contributed by atoms with Gasteiger partial charge in [0.1, 0.15) is 17.4 Å². The number of halogens is 1. The van der Waals surface area contributed by atoms with E-state index in [0.29, 0.717) is 5.75 Å². The maximum Gasteiger partial charge on any atom is 0.147 e. The number of ether oxygens (including phenoxy) is 1. The van der Waals surface area contributed by atoms with E-state index in [2.05, 4.69) is 9.88 Å². The van der Waals surface area contributed by atoms with Crippen molar-refractivity contribution in [1.82, 2.24) is 9.97 Å². The van der Waals surface area contributed by atoms with Crippen molar-refractivity contribution in [2.75, 3.05) is 25.1 Å². The molecule has 0 saturated carbocycles. The van der Waals surface area contributed by atoms with Crippen LogP contribution in [-0.2, 0) is 0 Å². The zero-order valence-electron chi connectivity index (χ0n) is 14.2. The first kappa shape index (κ1) is 15.8. The molecule has 1 saturated heterocycles. The molecule has 0 bridgehead atoms. The summed E-state index contributed by atoms with van der Waals surface area (Å²) in [4.78, 5) is 11.7. The first-order valence-corrected chi connectivity index (χ1v) is 8.60. The molecule has 1 aromatic heterocycles. The van der Waals surface area contributed by atoms with Crippen LogP contribution in [0.25, 0.3) is 22.2 Å². The summed E-state index contributed by atoms with van der Waals surface area (Å²) >= 11 is 0. The number of anilines is 1. The molecular weight excluding hydrogens is 317 g/mol. The second-order valence-electron chi connectivity index (χ2n) is 6.32. The minimum atomic E-state index is -0.312. The van der Waals surface area contributed by atoms with Gasteiger partial charge in [-0.2, -0.15) is 0 Å². The molecule has 3 aromatic rings. The fraction of sp³-hybridized carbons (Fsp3) is 0.300. The number of aromatic nitrogens is 2. The van der Waals surface area contributed by atoms with Gasteiger partial charge >= 0.3 is 0 Å². The second-order valence-corrected chi connectivity index (χ2v) is 6.32. The van der Waals surface area contributed by atoms with Crippen molar-refractivity contribution in [3.63, 3.8) is 0 Å². The van der Waals surface area contributed by atoms with Crippen LogP contribution in [0.3, 0.4) is 0 Å². The van der Waals surface area contributed by atoms with Gasteiger partial charge in [-0.1, -0.05) is 6.07 Å². The summed E-state index contributed by atoms with van der Waals surface area (Å²) in [7, 11) is 1.55. The highest BCUT2D eigenvalue weighted by atomic mass is 19.1. The van der Waals surface area contributed by atoms with Crippen LogP contribution >= 0.6 is 0 Å². The quantitative estimate of drug-likeness (QED) is 0.708. The van der Waals surface area contributed by atoms with Crippen LogP contribution in [0.15, 0.2) is 42.6 Å². The van der Waals surface area contributed by atoms with Crippen LogP contribution in [0.2, 0.25) is 0 Å². The summed E-state index contributed by atoms with van der Waals surface area (Å²) in [6.45, 7) is 2.07. The molecule has 4 rings (SSSR count). The predicted molar refractivity (Wildman–Crippen MR) is 97.5 cm³/mol. The molecule has 25 heavy (non-hydrogen) atoms. The molecule has 0 N–H and O–H groups in total. The number of rotatable bonds is 3. The lowest BCUT2D eigenvalue weighted by molar-refractivity contribution is 0.413. The molecule has 0 spiro atoms. The Morgan fingerprint density at radius 1 is 1.00 bits per heavy atom. The van der Waals surface area contributed by atoms with Crippen LogP contribution in [0.1, 0.15) is 19.3 Å². The van der Waals surface area contributed by atoms with Gasteiger partial charge in [-0.15, -0.1) is 0 Å². The molecule has 1 aliphatic rings. The molecule has 128 valence electrons. The minimum absolute atomic E-state index is 0.312. The van der Waals surface area contributed by atoms with E-state index in [0.717, 1.165) is 41.1 Å². The zero-order valence-corrected chi connectivity index (χ0v) is 14.2. The summed E-state index contributed by atoms with van der Waals surface area (Å²) < 4.78 is 18.8. The smallest absolute Gasteiger partial charge is 0.147 e. The van der Waals surface area contributed by atoms with Gasteiger partial charge in [-0.25, -0.2) is 9.37 Å². The van der Waals surface area contributed by atoms with Gasteiger partial charge in [-0.3, -0.25) is 4.98 Å². The van der Waals surface area contributed by atoms with Gasteiger partial charge in [0.05, 0.1) is 24.3 Å². The van der Waals surface area contributed by atoms with Crippen molar-refractivity contribution >= 4 is 16.9 Å². The Kier molecular flexibility index (Phi) is 4.22. The molecule has 4 nitrogen and oxygen atoms in total. The maximum absolute atomic E-state index is 13.5. The van der Waals surface area contributed by atoms with Crippen LogP contribution in [0.4, 0.5) is 10.2 Å². The molecule has 1 fully saturated rings. The predicted octanol–water partition coefficient (Wildman–Crippen LogP) is 4.43. The number of methoxy groups -OCH3 is 1. The molecule has 5 heteroatoms. The van der Waals surface area contributed by atoms with E-state index < -0.39 is 0 Å². The molecule has 2 heterocycles. The Morgan fingerprint density at radius 3 is 2.64 bits per heavy atom. The van der Waals surface area contributed by atoms with Gasteiger partial charge in [0.2, 0.25) is 0 Å². The highest BCUT2D eigenvalue weighted by Gasteiger charge is 2.14. The second kappa shape index (κ2) is 6.67. The molecular formula is C20H20FN3O. The van der Waals surface area contributed by atoms with Crippen molar-refractivity contribution in [2.24, 2.45) is 0 Å². The molecule has 0 atom stereocenters. The van der Waals surface area contributed by atoms with Gasteiger partial charge in [0, 0.05) is 24.7 Å². The van der Waals surface area contributed by atoms with Crippen LogP contribution < -0.4 is 9.64 Å². The highest BCUT2D eigenvalue weighted by Crippen LogP contribution is 2.32. The fourth-order valence-corrected chi connectivity index (χ4v) is 3.35. The number of piperidine rings is 1. The molecule has 1 aliphatic heterocycles. The van der Waals surface area contributed by atoms with Crippen LogP contribution in [0, 0.1) is 5.82 Å². The molecule has 0 unspecified atom stereocenters. The van der Waals surface area contributed by atoms with E-state index in [9.17, 15) is 4.39 Å². The number of nitrogens with zero attached hydrogens (tertiary/aromatic N) is 3. The van der Waals surface area contributed by atoms with Gasteiger partial charge < -0.3 is 9.64 Å². The lowest BCUT2D eigenvalue weighted by atomic mass is 10.0. The Balaban J connectivity index is 1.76. The summed E-state index contributed by atoms with van der Waals surface area (Å²) in [6.07, 6.45) is 5.54. The zero-order chi connectivity index (χ0) is 17.2. The average Bonchev–Trinajstić information content (AvgIpc) is 2.67. The van der Waals surface area contributed by atoms with E-state index in [1.807, 2.05) is 24.4 Å². The van der Waals surface area contributed by atoms with E-state index >= 15 is 0 Å². The van der Waals surface area contributed by atoms with Gasteiger partial charge in [0.25, 0.3) is 0 Å². The SMILES string of the molecule is COc1cc(F)ccc1-c1ccc2ncc(N3CCCCC3)nc2c1. The van der Waals surface area contributed by atoms with Crippen LogP contribution in [0.5, 0.6) is 5.75 Å². The number of hydrogen-bond donors (Lipinski definition) is 0. The number of fused-ring (bicyclic) bond motifs is 1. The molecule has 2 aromatic carbocycles. The van der Waals surface area contributed by atoms with E-state index in [1.54, 1.807) is 13.2 Å². The van der Waals surface area contributed by atoms with E-state index in [4.69, 9.17) is 9.72 Å². The monoisotopic (exact) mass is 337 g/mol. The average molecular weight is 337 g/mol.